The van der Waals surface area contributed by atoms with E-state index in [1.165, 1.54) is 70.6 Å². The van der Waals surface area contributed by atoms with Crippen LogP contribution in [0.1, 0.15) is 126 Å². The molecule has 0 heteroatoms. The monoisotopic (exact) mass is 412 g/mol. The Bertz CT molecular complexity index is 688. The summed E-state index contributed by atoms with van der Waals surface area (Å²) >= 11 is 0. The van der Waals surface area contributed by atoms with Gasteiger partial charge in [-0.1, -0.05) is 61.8 Å². The highest BCUT2D eigenvalue weighted by Crippen LogP contribution is 2.78. The van der Waals surface area contributed by atoms with E-state index in [-0.39, 0.29) is 0 Å². The van der Waals surface area contributed by atoms with Gasteiger partial charge < -0.3 is 0 Å². The van der Waals surface area contributed by atoms with Gasteiger partial charge in [-0.25, -0.2) is 0 Å². The maximum atomic E-state index is 2.81. The topological polar surface area (TPSA) is 0 Å². The lowest BCUT2D eigenvalue weighted by molar-refractivity contribution is -0.241. The number of fused-ring (bicyclic) bond motifs is 7. The van der Waals surface area contributed by atoms with E-state index in [0.29, 0.717) is 27.1 Å². The third-order valence-corrected chi connectivity index (χ3v) is 13.6. The van der Waals surface area contributed by atoms with Crippen molar-refractivity contribution >= 4 is 0 Å². The Hall–Kier alpha value is 0. The van der Waals surface area contributed by atoms with Crippen LogP contribution < -0.4 is 0 Å². The molecular formula is C30H52. The molecule has 0 N–H and O–H groups in total. The van der Waals surface area contributed by atoms with Gasteiger partial charge in [-0.3, -0.25) is 0 Å². The van der Waals surface area contributed by atoms with Crippen molar-refractivity contribution in [3.63, 3.8) is 0 Å². The minimum atomic E-state index is 0.561. The Morgan fingerprint density at radius 1 is 0.567 bits per heavy atom. The summed E-state index contributed by atoms with van der Waals surface area (Å²) in [6.07, 6.45) is 16.6. The van der Waals surface area contributed by atoms with Crippen molar-refractivity contribution in [1.29, 1.82) is 0 Å². The Labute approximate surface area is 188 Å². The normalized spacial score (nSPS) is 57.3. The molecule has 0 aromatic heterocycles. The summed E-state index contributed by atoms with van der Waals surface area (Å²) in [5.74, 6) is 5.79. The first kappa shape index (κ1) is 21.8. The molecule has 3 unspecified atom stereocenters. The van der Waals surface area contributed by atoms with Gasteiger partial charge in [0.05, 0.1) is 0 Å². The summed E-state index contributed by atoms with van der Waals surface area (Å²) in [5.41, 5.74) is 2.92. The highest BCUT2D eigenvalue weighted by Gasteiger charge is 2.70. The molecule has 0 nitrogen and oxygen atoms in total. The molecule has 0 aromatic carbocycles. The predicted octanol–water partition coefficient (Wildman–Crippen LogP) is 9.13. The average molecular weight is 413 g/mol. The molecule has 5 aliphatic rings. The SMILES string of the molecule is CC(C)[C@H]1CC[C@]2(C)C3CCC4[C@@]5(C)CCCC(C)(C)C5CC[C@@]4(C)[C@]3(C)CC[C@@H]12. The predicted molar refractivity (Wildman–Crippen MR) is 129 cm³/mol. The first-order chi connectivity index (χ1) is 13.9. The van der Waals surface area contributed by atoms with E-state index in [1.54, 1.807) is 0 Å². The van der Waals surface area contributed by atoms with Crippen LogP contribution in [-0.2, 0) is 0 Å². The molecule has 0 spiro atoms. The summed E-state index contributed by atoms with van der Waals surface area (Å²) in [4.78, 5) is 0. The molecule has 30 heavy (non-hydrogen) atoms. The van der Waals surface area contributed by atoms with Crippen LogP contribution >= 0.6 is 0 Å². The second kappa shape index (κ2) is 6.53. The summed E-state index contributed by atoms with van der Waals surface area (Å²) in [7, 11) is 0. The lowest BCUT2D eigenvalue weighted by atomic mass is 9.32. The summed E-state index contributed by atoms with van der Waals surface area (Å²) in [5, 5.41) is 0. The molecule has 5 aliphatic carbocycles. The first-order valence-corrected chi connectivity index (χ1v) is 13.9. The zero-order valence-electron chi connectivity index (χ0n) is 21.7. The summed E-state index contributed by atoms with van der Waals surface area (Å²) < 4.78 is 0. The lowest BCUT2D eigenvalue weighted by Crippen LogP contribution is -2.65. The van der Waals surface area contributed by atoms with Gasteiger partial charge in [-0.2, -0.15) is 0 Å². The average Bonchev–Trinajstić information content (AvgIpc) is 2.99. The van der Waals surface area contributed by atoms with E-state index in [4.69, 9.17) is 0 Å². The fourth-order valence-electron chi connectivity index (χ4n) is 12.1. The molecule has 5 fully saturated rings. The molecule has 9 atom stereocenters. The Kier molecular flexibility index (Phi) is 4.75. The lowest BCUT2D eigenvalue weighted by Gasteiger charge is -2.73. The molecule has 5 rings (SSSR count). The Morgan fingerprint density at radius 3 is 1.80 bits per heavy atom. The number of rotatable bonds is 1. The zero-order valence-corrected chi connectivity index (χ0v) is 21.7. The Balaban J connectivity index is 1.52. The first-order valence-electron chi connectivity index (χ1n) is 13.9. The minimum Gasteiger partial charge on any atom is -0.0625 e. The standard InChI is InChI=1S/C30H52/c1-20(2)21-12-17-27(5)22(21)13-18-29(7)24(27)10-11-25-28(6)16-9-15-26(3,4)23(28)14-19-30(25,29)8/h20-25H,9-19H2,1-8H3/t21-,22+,23?,24?,25?,27+,28+,29-,30-/m1/s1. The van der Waals surface area contributed by atoms with Crippen molar-refractivity contribution in [2.75, 3.05) is 0 Å². The van der Waals surface area contributed by atoms with Crippen LogP contribution in [0.3, 0.4) is 0 Å². The van der Waals surface area contributed by atoms with Crippen molar-refractivity contribution in [1.82, 2.24) is 0 Å². The maximum absolute atomic E-state index is 2.81. The molecule has 172 valence electrons. The second-order valence-corrected chi connectivity index (χ2v) is 15.1. The molecule has 0 aliphatic heterocycles. The van der Waals surface area contributed by atoms with Crippen LogP contribution in [0.25, 0.3) is 0 Å². The van der Waals surface area contributed by atoms with E-state index in [9.17, 15) is 0 Å². The highest BCUT2D eigenvalue weighted by atomic mass is 14.7. The van der Waals surface area contributed by atoms with E-state index >= 15 is 0 Å². The Morgan fingerprint density at radius 2 is 1.17 bits per heavy atom. The van der Waals surface area contributed by atoms with E-state index < -0.39 is 0 Å². The third-order valence-electron chi connectivity index (χ3n) is 13.6. The molecule has 5 saturated carbocycles. The second-order valence-electron chi connectivity index (χ2n) is 15.1. The quantitative estimate of drug-likeness (QED) is 0.402. The van der Waals surface area contributed by atoms with Crippen molar-refractivity contribution in [3.8, 4) is 0 Å². The fourth-order valence-corrected chi connectivity index (χ4v) is 12.1. The third kappa shape index (κ3) is 2.52. The maximum Gasteiger partial charge on any atom is -0.0235 e. The summed E-state index contributed by atoms with van der Waals surface area (Å²) in [6.45, 7) is 21.4. The van der Waals surface area contributed by atoms with E-state index in [1.807, 2.05) is 0 Å². The van der Waals surface area contributed by atoms with Crippen molar-refractivity contribution in [3.05, 3.63) is 0 Å². The van der Waals surface area contributed by atoms with Gasteiger partial charge >= 0.3 is 0 Å². The van der Waals surface area contributed by atoms with E-state index in [2.05, 4.69) is 55.4 Å². The van der Waals surface area contributed by atoms with Crippen molar-refractivity contribution in [2.45, 2.75) is 126 Å². The number of hydrogen-bond acceptors (Lipinski definition) is 0. The van der Waals surface area contributed by atoms with Crippen molar-refractivity contribution < 1.29 is 0 Å². The van der Waals surface area contributed by atoms with Crippen LogP contribution in [0, 0.1) is 62.6 Å². The van der Waals surface area contributed by atoms with Crippen LogP contribution in [-0.4, -0.2) is 0 Å². The molecule has 0 heterocycles. The van der Waals surface area contributed by atoms with Gasteiger partial charge in [-0.05, 0) is 127 Å². The molecule has 0 amide bonds. The summed E-state index contributed by atoms with van der Waals surface area (Å²) in [6, 6.07) is 0. The molecule has 0 saturated heterocycles. The highest BCUT2D eigenvalue weighted by molar-refractivity contribution is 5.18. The van der Waals surface area contributed by atoms with Gasteiger partial charge in [0, 0.05) is 0 Å². The smallest absolute Gasteiger partial charge is 0.0235 e. The van der Waals surface area contributed by atoms with Gasteiger partial charge in [0.1, 0.15) is 0 Å². The van der Waals surface area contributed by atoms with Crippen LogP contribution in [0.5, 0.6) is 0 Å². The van der Waals surface area contributed by atoms with Crippen LogP contribution in [0.2, 0.25) is 0 Å². The van der Waals surface area contributed by atoms with Crippen LogP contribution in [0.15, 0.2) is 0 Å². The largest absolute Gasteiger partial charge is 0.0625 e. The van der Waals surface area contributed by atoms with Gasteiger partial charge in [-0.15, -0.1) is 0 Å². The molecular weight excluding hydrogens is 360 g/mol. The van der Waals surface area contributed by atoms with Gasteiger partial charge in [0.2, 0.25) is 0 Å². The van der Waals surface area contributed by atoms with Gasteiger partial charge in [0.15, 0.2) is 0 Å². The molecule has 0 radical (unpaired) electrons. The van der Waals surface area contributed by atoms with E-state index in [0.717, 1.165) is 35.5 Å². The molecule has 0 aromatic rings. The van der Waals surface area contributed by atoms with Crippen LogP contribution in [0.4, 0.5) is 0 Å². The molecule has 0 bridgehead atoms. The fraction of sp³-hybridized carbons (Fsp3) is 1.00. The number of hydrogen-bond donors (Lipinski definition) is 0. The zero-order chi connectivity index (χ0) is 21.7. The van der Waals surface area contributed by atoms with Gasteiger partial charge in [0.25, 0.3) is 0 Å². The van der Waals surface area contributed by atoms with Crippen molar-refractivity contribution in [2.24, 2.45) is 62.6 Å². The minimum absolute atomic E-state index is 0.561.